The number of hydrogen-bond donors (Lipinski definition) is 4. The van der Waals surface area contributed by atoms with Crippen molar-refractivity contribution in [3.05, 3.63) is 71.9 Å². The maximum atomic E-state index is 6.03. The Labute approximate surface area is 154 Å². The molecule has 0 spiro atoms. The first-order valence-corrected chi connectivity index (χ1v) is 9.49. The lowest BCUT2D eigenvalue weighted by molar-refractivity contribution is 0.539. The molecule has 0 aliphatic carbocycles. The molecular weight excluding hydrogens is 308 g/mol. The van der Waals surface area contributed by atoms with Crippen molar-refractivity contribution >= 4 is 0 Å². The van der Waals surface area contributed by atoms with Crippen LogP contribution in [0.1, 0.15) is 41.5 Å². The Morgan fingerprint density at radius 1 is 0.920 bits per heavy atom. The Kier molecular flexibility index (Phi) is 12.7. The van der Waals surface area contributed by atoms with Crippen molar-refractivity contribution in [1.29, 1.82) is 0 Å². The molecule has 3 rings (SSSR count). The van der Waals surface area contributed by atoms with E-state index in [4.69, 9.17) is 5.73 Å². The summed E-state index contributed by atoms with van der Waals surface area (Å²) in [6, 6.07) is 0.363. The van der Waals surface area contributed by atoms with Crippen LogP contribution < -0.4 is 21.7 Å². The minimum absolute atomic E-state index is 0.148. The smallest absolute Gasteiger partial charge is 0.0705 e. The van der Waals surface area contributed by atoms with Gasteiger partial charge in [-0.3, -0.25) is 0 Å². The van der Waals surface area contributed by atoms with Gasteiger partial charge in [-0.2, -0.15) is 0 Å². The van der Waals surface area contributed by atoms with Gasteiger partial charge in [0.05, 0.1) is 23.5 Å². The molecule has 0 saturated heterocycles. The monoisotopic (exact) mass is 344 g/mol. The second kappa shape index (κ2) is 14.0. The predicted octanol–water partition coefficient (Wildman–Crippen LogP) is 3.85. The Morgan fingerprint density at radius 3 is 2.20 bits per heavy atom. The maximum absolute atomic E-state index is 6.03. The molecule has 0 saturated carbocycles. The summed E-state index contributed by atoms with van der Waals surface area (Å²) in [5.74, 6) is 0. The fraction of sp³-hybridized carbons (Fsp3) is 0.429. The van der Waals surface area contributed by atoms with Crippen LogP contribution >= 0.6 is 0 Å². The SMILES string of the molecule is CC.CC.CC.NC1=CC(C2C=CC=CN2)NC(C2=CC=CCN2)=C1. The molecule has 3 aliphatic rings. The third kappa shape index (κ3) is 7.38. The molecule has 0 bridgehead atoms. The predicted molar refractivity (Wildman–Crippen MR) is 112 cm³/mol. The fourth-order valence-electron chi connectivity index (χ4n) is 2.36. The zero-order valence-electron chi connectivity index (χ0n) is 16.6. The standard InChI is InChI=1S/C15H18N4.3C2H6/c16-11-9-14(12-5-1-3-7-17-12)19-15(10-11)13-6-2-4-8-18-13;3*1-2/h1-7,9-10,12,14,17-19H,8,16H2;3*1-2H3. The number of nitrogens with one attached hydrogen (secondary N) is 3. The molecular formula is C21H36N4. The first kappa shape index (κ1) is 22.6. The summed E-state index contributed by atoms with van der Waals surface area (Å²) < 4.78 is 0. The van der Waals surface area contributed by atoms with Crippen LogP contribution in [-0.2, 0) is 0 Å². The number of hydrogen-bond acceptors (Lipinski definition) is 4. The Morgan fingerprint density at radius 2 is 1.64 bits per heavy atom. The van der Waals surface area contributed by atoms with Gasteiger partial charge in [-0.25, -0.2) is 0 Å². The van der Waals surface area contributed by atoms with Crippen LogP contribution in [0, 0.1) is 0 Å². The van der Waals surface area contributed by atoms with Gasteiger partial charge in [-0.15, -0.1) is 0 Å². The van der Waals surface area contributed by atoms with E-state index >= 15 is 0 Å². The highest BCUT2D eigenvalue weighted by atomic mass is 15.1. The van der Waals surface area contributed by atoms with E-state index in [1.54, 1.807) is 0 Å². The van der Waals surface area contributed by atoms with Crippen molar-refractivity contribution in [2.24, 2.45) is 5.73 Å². The molecule has 0 aromatic rings. The summed E-state index contributed by atoms with van der Waals surface area (Å²) in [6.07, 6.45) is 18.3. The van der Waals surface area contributed by atoms with E-state index in [9.17, 15) is 0 Å². The first-order valence-electron chi connectivity index (χ1n) is 9.49. The summed E-state index contributed by atoms with van der Waals surface area (Å²) in [5.41, 5.74) is 8.95. The molecule has 4 heteroatoms. The van der Waals surface area contributed by atoms with Gasteiger partial charge in [0.15, 0.2) is 0 Å². The molecule has 0 fully saturated rings. The molecule has 0 amide bonds. The van der Waals surface area contributed by atoms with Crippen LogP contribution in [0.15, 0.2) is 71.9 Å². The van der Waals surface area contributed by atoms with Crippen LogP contribution in [0.25, 0.3) is 0 Å². The van der Waals surface area contributed by atoms with Crippen molar-refractivity contribution in [2.75, 3.05) is 6.54 Å². The Bertz CT molecular complexity index is 536. The summed E-state index contributed by atoms with van der Waals surface area (Å²) in [5, 5.41) is 10.2. The van der Waals surface area contributed by atoms with Gasteiger partial charge < -0.3 is 21.7 Å². The van der Waals surface area contributed by atoms with Crippen LogP contribution in [0.3, 0.4) is 0 Å². The average Bonchev–Trinajstić information content (AvgIpc) is 2.73. The fourth-order valence-corrected chi connectivity index (χ4v) is 2.36. The highest BCUT2D eigenvalue weighted by molar-refractivity contribution is 5.42. The zero-order valence-corrected chi connectivity index (χ0v) is 16.6. The van der Waals surface area contributed by atoms with Gasteiger partial charge >= 0.3 is 0 Å². The van der Waals surface area contributed by atoms with Crippen molar-refractivity contribution < 1.29 is 0 Å². The van der Waals surface area contributed by atoms with Crippen LogP contribution in [0.2, 0.25) is 0 Å². The highest BCUT2D eigenvalue weighted by Crippen LogP contribution is 2.17. The molecule has 0 aromatic heterocycles. The molecule has 2 unspecified atom stereocenters. The lowest BCUT2D eigenvalue weighted by atomic mass is 10.0. The number of nitrogens with two attached hydrogens (primary N) is 1. The zero-order chi connectivity index (χ0) is 19.1. The summed E-state index contributed by atoms with van der Waals surface area (Å²) in [6.45, 7) is 12.9. The molecule has 140 valence electrons. The summed E-state index contributed by atoms with van der Waals surface area (Å²) >= 11 is 0. The number of dihydropyridines is 3. The third-order valence-electron chi connectivity index (χ3n) is 3.31. The van der Waals surface area contributed by atoms with Gasteiger partial charge in [0.2, 0.25) is 0 Å². The molecule has 25 heavy (non-hydrogen) atoms. The molecule has 0 aromatic carbocycles. The lowest BCUT2D eigenvalue weighted by Gasteiger charge is -2.31. The third-order valence-corrected chi connectivity index (χ3v) is 3.31. The van der Waals surface area contributed by atoms with E-state index in [1.807, 2.05) is 72.0 Å². The summed E-state index contributed by atoms with van der Waals surface area (Å²) in [7, 11) is 0. The molecule has 0 radical (unpaired) electrons. The number of allylic oxidation sites excluding steroid dienone is 5. The van der Waals surface area contributed by atoms with Gasteiger partial charge in [0, 0.05) is 12.2 Å². The average molecular weight is 345 g/mol. The van der Waals surface area contributed by atoms with E-state index in [0.717, 1.165) is 23.6 Å². The van der Waals surface area contributed by atoms with Gasteiger partial charge in [0.25, 0.3) is 0 Å². The van der Waals surface area contributed by atoms with Crippen molar-refractivity contribution in [3.63, 3.8) is 0 Å². The van der Waals surface area contributed by atoms with Crippen LogP contribution in [0.4, 0.5) is 0 Å². The van der Waals surface area contributed by atoms with Crippen LogP contribution in [-0.4, -0.2) is 18.6 Å². The topological polar surface area (TPSA) is 62.1 Å². The van der Waals surface area contributed by atoms with Gasteiger partial charge in [0.1, 0.15) is 0 Å². The van der Waals surface area contributed by atoms with Gasteiger partial charge in [-0.05, 0) is 30.5 Å². The van der Waals surface area contributed by atoms with Crippen molar-refractivity contribution in [3.8, 4) is 0 Å². The molecule has 5 N–H and O–H groups in total. The second-order valence-electron chi connectivity index (χ2n) is 4.72. The van der Waals surface area contributed by atoms with Crippen molar-refractivity contribution in [1.82, 2.24) is 16.0 Å². The van der Waals surface area contributed by atoms with E-state index in [1.165, 1.54) is 0 Å². The largest absolute Gasteiger partial charge is 0.399 e. The van der Waals surface area contributed by atoms with Gasteiger partial charge in [-0.1, -0.05) is 65.8 Å². The minimum atomic E-state index is 0.148. The lowest BCUT2D eigenvalue weighted by Crippen LogP contribution is -2.47. The van der Waals surface area contributed by atoms with E-state index < -0.39 is 0 Å². The van der Waals surface area contributed by atoms with E-state index in [-0.39, 0.29) is 12.1 Å². The van der Waals surface area contributed by atoms with Crippen molar-refractivity contribution in [2.45, 2.75) is 53.6 Å². The molecule has 3 heterocycles. The maximum Gasteiger partial charge on any atom is 0.0705 e. The highest BCUT2D eigenvalue weighted by Gasteiger charge is 2.22. The van der Waals surface area contributed by atoms with E-state index in [0.29, 0.717) is 0 Å². The van der Waals surface area contributed by atoms with Crippen LogP contribution in [0.5, 0.6) is 0 Å². The Balaban J connectivity index is 0.000000871. The first-order chi connectivity index (χ1) is 12.3. The normalized spacial score (nSPS) is 22.4. The molecule has 4 nitrogen and oxygen atoms in total. The minimum Gasteiger partial charge on any atom is -0.399 e. The molecule has 2 atom stereocenters. The quantitative estimate of drug-likeness (QED) is 0.614. The Hall–Kier alpha value is -2.36. The summed E-state index contributed by atoms with van der Waals surface area (Å²) in [4.78, 5) is 0. The second-order valence-corrected chi connectivity index (χ2v) is 4.72. The number of rotatable bonds is 2. The van der Waals surface area contributed by atoms with E-state index in [2.05, 4.69) is 40.3 Å². The molecule has 3 aliphatic heterocycles.